The third-order valence-electron chi connectivity index (χ3n) is 4.60. The van der Waals surface area contributed by atoms with Gasteiger partial charge in [0.05, 0.1) is 16.7 Å². The average Bonchev–Trinajstić information content (AvgIpc) is 3.09. The monoisotopic (exact) mass is 440 g/mol. The highest BCUT2D eigenvalue weighted by Crippen LogP contribution is 2.26. The molecule has 3 rings (SSSR count). The number of amides is 1. The van der Waals surface area contributed by atoms with E-state index in [2.05, 4.69) is 26.1 Å². The topological polar surface area (TPSA) is 86.4 Å². The zero-order valence-corrected chi connectivity index (χ0v) is 17.1. The molecule has 26 heavy (non-hydrogen) atoms. The van der Waals surface area contributed by atoms with E-state index >= 15 is 0 Å². The molecule has 2 heterocycles. The molecule has 7 nitrogen and oxygen atoms in total. The summed E-state index contributed by atoms with van der Waals surface area (Å²) in [5, 5.41) is 6.96. The van der Waals surface area contributed by atoms with Crippen LogP contribution < -0.4 is 0 Å². The summed E-state index contributed by atoms with van der Waals surface area (Å²) in [5.41, 5.74) is 2.39. The minimum absolute atomic E-state index is 0.133. The van der Waals surface area contributed by atoms with Gasteiger partial charge in [0.25, 0.3) is 5.91 Å². The van der Waals surface area contributed by atoms with Gasteiger partial charge in [-0.1, -0.05) is 13.8 Å². The number of hydrogen-bond donors (Lipinski definition) is 1. The van der Waals surface area contributed by atoms with Crippen molar-refractivity contribution in [1.29, 1.82) is 0 Å². The Morgan fingerprint density at radius 3 is 2.77 bits per heavy atom. The fourth-order valence-corrected chi connectivity index (χ4v) is 5.01. The maximum atomic E-state index is 13.0. The van der Waals surface area contributed by atoms with E-state index in [0.717, 1.165) is 11.3 Å². The first-order valence-corrected chi connectivity index (χ1v) is 10.7. The van der Waals surface area contributed by atoms with Crippen LogP contribution >= 0.6 is 15.9 Å². The first kappa shape index (κ1) is 19.1. The number of nitrogens with zero attached hydrogens (tertiary/aromatic N) is 3. The Kier molecular flexibility index (Phi) is 5.50. The van der Waals surface area contributed by atoms with Crippen LogP contribution in [0.3, 0.4) is 0 Å². The third-order valence-corrected chi connectivity index (χ3v) is 7.34. The summed E-state index contributed by atoms with van der Waals surface area (Å²) in [6, 6.07) is 4.61. The van der Waals surface area contributed by atoms with E-state index in [1.54, 1.807) is 31.0 Å². The minimum Gasteiger partial charge on any atom is -0.334 e. The van der Waals surface area contributed by atoms with Crippen LogP contribution in [0.25, 0.3) is 0 Å². The smallest absolute Gasteiger partial charge is 0.255 e. The van der Waals surface area contributed by atoms with Gasteiger partial charge in [0.1, 0.15) is 0 Å². The summed E-state index contributed by atoms with van der Waals surface area (Å²) in [5.74, 6) is -0.194. The van der Waals surface area contributed by atoms with Crippen molar-refractivity contribution in [1.82, 2.24) is 19.4 Å². The Balaban J connectivity index is 1.92. The molecule has 0 spiro atoms. The van der Waals surface area contributed by atoms with E-state index in [4.69, 9.17) is 0 Å². The number of rotatable bonds is 5. The second kappa shape index (κ2) is 7.50. The van der Waals surface area contributed by atoms with E-state index in [1.807, 2.05) is 0 Å². The lowest BCUT2D eigenvalue weighted by atomic mass is 10.1. The van der Waals surface area contributed by atoms with Gasteiger partial charge in [-0.3, -0.25) is 9.89 Å². The van der Waals surface area contributed by atoms with Crippen molar-refractivity contribution >= 4 is 31.9 Å². The molecule has 1 aliphatic rings. The maximum Gasteiger partial charge on any atom is 0.255 e. The van der Waals surface area contributed by atoms with Crippen molar-refractivity contribution in [3.63, 3.8) is 0 Å². The number of fused-ring (bicyclic) bond motifs is 1. The zero-order chi connectivity index (χ0) is 18.9. The van der Waals surface area contributed by atoms with Crippen molar-refractivity contribution in [3.8, 4) is 0 Å². The molecule has 1 aromatic carbocycles. The Morgan fingerprint density at radius 2 is 2.08 bits per heavy atom. The van der Waals surface area contributed by atoms with Crippen LogP contribution in [0.1, 0.15) is 35.5 Å². The van der Waals surface area contributed by atoms with Crippen LogP contribution in [0.2, 0.25) is 0 Å². The number of aromatic nitrogens is 2. The molecule has 1 aliphatic heterocycles. The summed E-state index contributed by atoms with van der Waals surface area (Å²) in [6.45, 7) is 5.38. The van der Waals surface area contributed by atoms with Gasteiger partial charge in [-0.2, -0.15) is 9.40 Å². The lowest BCUT2D eigenvalue weighted by Gasteiger charge is -2.27. The molecule has 1 N–H and O–H groups in total. The molecule has 0 radical (unpaired) electrons. The lowest BCUT2D eigenvalue weighted by Crippen LogP contribution is -2.36. The first-order valence-electron chi connectivity index (χ1n) is 8.48. The molecule has 0 saturated carbocycles. The Hall–Kier alpha value is -1.71. The third kappa shape index (κ3) is 3.43. The van der Waals surface area contributed by atoms with Gasteiger partial charge in [-0.25, -0.2) is 8.42 Å². The van der Waals surface area contributed by atoms with E-state index in [0.29, 0.717) is 42.6 Å². The van der Waals surface area contributed by atoms with Crippen molar-refractivity contribution < 1.29 is 13.2 Å². The first-order chi connectivity index (χ1) is 12.4. The Bertz CT molecular complexity index is 922. The Labute approximate surface area is 161 Å². The predicted octanol–water partition coefficient (Wildman–Crippen LogP) is 2.40. The van der Waals surface area contributed by atoms with Gasteiger partial charge in [-0.05, 0) is 34.1 Å². The number of aromatic amines is 1. The Morgan fingerprint density at radius 1 is 1.35 bits per heavy atom. The fourth-order valence-electron chi connectivity index (χ4n) is 3.11. The fraction of sp³-hybridized carbons (Fsp3) is 0.412. The van der Waals surface area contributed by atoms with Crippen LogP contribution in [0.4, 0.5) is 0 Å². The van der Waals surface area contributed by atoms with Crippen LogP contribution in [-0.4, -0.2) is 53.4 Å². The van der Waals surface area contributed by atoms with Gasteiger partial charge in [-0.15, -0.1) is 0 Å². The second-order valence-electron chi connectivity index (χ2n) is 6.08. The van der Waals surface area contributed by atoms with Gasteiger partial charge in [0.2, 0.25) is 10.0 Å². The molecule has 2 aromatic rings. The number of benzene rings is 1. The maximum absolute atomic E-state index is 13.0. The van der Waals surface area contributed by atoms with Crippen LogP contribution in [-0.2, 0) is 23.0 Å². The molecular formula is C17H21BrN4O3S. The molecule has 1 aromatic heterocycles. The summed E-state index contributed by atoms with van der Waals surface area (Å²) in [6.07, 6.45) is 2.43. The van der Waals surface area contributed by atoms with E-state index in [9.17, 15) is 13.2 Å². The number of halogens is 1. The number of carbonyl (C=O) groups is 1. The predicted molar refractivity (Wildman–Crippen MR) is 101 cm³/mol. The molecule has 0 fully saturated rings. The molecule has 0 atom stereocenters. The summed E-state index contributed by atoms with van der Waals surface area (Å²) in [4.78, 5) is 14.8. The largest absolute Gasteiger partial charge is 0.334 e. The second-order valence-corrected chi connectivity index (χ2v) is 8.87. The van der Waals surface area contributed by atoms with Crippen LogP contribution in [0.5, 0.6) is 0 Å². The number of sulfonamides is 1. The van der Waals surface area contributed by atoms with Crippen molar-refractivity contribution in [2.45, 2.75) is 31.7 Å². The average molecular weight is 441 g/mol. The number of nitrogens with one attached hydrogen (secondary N) is 1. The van der Waals surface area contributed by atoms with Crippen molar-refractivity contribution in [2.24, 2.45) is 0 Å². The van der Waals surface area contributed by atoms with E-state index < -0.39 is 10.0 Å². The van der Waals surface area contributed by atoms with E-state index in [-0.39, 0.29) is 10.8 Å². The minimum atomic E-state index is -3.62. The molecule has 0 saturated heterocycles. The standard InChI is InChI=1S/C17H21BrN4O3S/c1-3-22(4-2)26(24,25)13-5-6-15(18)14(9-13)17(23)21-8-7-16-12(11-21)10-19-20-16/h5-6,9-10H,3-4,7-8,11H2,1-2H3,(H,19,20). The highest BCUT2D eigenvalue weighted by Gasteiger charge is 2.27. The molecule has 1 amide bonds. The van der Waals surface area contributed by atoms with Crippen molar-refractivity contribution in [2.75, 3.05) is 19.6 Å². The summed E-state index contributed by atoms with van der Waals surface area (Å²) < 4.78 is 27.5. The highest BCUT2D eigenvalue weighted by atomic mass is 79.9. The quantitative estimate of drug-likeness (QED) is 0.772. The molecule has 140 valence electrons. The lowest BCUT2D eigenvalue weighted by molar-refractivity contribution is 0.0733. The number of carbonyl (C=O) groups excluding carboxylic acids is 1. The molecule has 0 aliphatic carbocycles. The molecule has 9 heteroatoms. The van der Waals surface area contributed by atoms with Crippen LogP contribution in [0, 0.1) is 0 Å². The summed E-state index contributed by atoms with van der Waals surface area (Å²) >= 11 is 3.39. The van der Waals surface area contributed by atoms with Gasteiger partial charge in [0, 0.05) is 48.3 Å². The van der Waals surface area contributed by atoms with Crippen molar-refractivity contribution in [3.05, 3.63) is 45.7 Å². The number of H-pyrrole nitrogens is 1. The summed E-state index contributed by atoms with van der Waals surface area (Å²) in [7, 11) is -3.62. The molecule has 0 bridgehead atoms. The van der Waals surface area contributed by atoms with Gasteiger partial charge in [0.15, 0.2) is 0 Å². The zero-order valence-electron chi connectivity index (χ0n) is 14.7. The van der Waals surface area contributed by atoms with Gasteiger partial charge >= 0.3 is 0 Å². The van der Waals surface area contributed by atoms with Gasteiger partial charge < -0.3 is 4.90 Å². The SMILES string of the molecule is CCN(CC)S(=O)(=O)c1ccc(Br)c(C(=O)N2CCc3[nH]ncc3C2)c1. The number of hydrogen-bond acceptors (Lipinski definition) is 4. The van der Waals surface area contributed by atoms with Crippen LogP contribution in [0.15, 0.2) is 33.8 Å². The van der Waals surface area contributed by atoms with E-state index in [1.165, 1.54) is 16.4 Å². The molecule has 0 unspecified atom stereocenters. The highest BCUT2D eigenvalue weighted by molar-refractivity contribution is 9.10. The molecular weight excluding hydrogens is 420 g/mol. The normalized spacial score (nSPS) is 14.5.